The van der Waals surface area contributed by atoms with Gasteiger partial charge in [0.1, 0.15) is 5.03 Å². The molecule has 2 aromatic rings. The molecule has 98 valence electrons. The van der Waals surface area contributed by atoms with Crippen molar-refractivity contribution in [3.05, 3.63) is 50.7 Å². The summed E-state index contributed by atoms with van der Waals surface area (Å²) < 4.78 is 0.673. The van der Waals surface area contributed by atoms with E-state index in [0.717, 1.165) is 0 Å². The summed E-state index contributed by atoms with van der Waals surface area (Å²) >= 11 is 4.54. The number of nitro benzene ring substituents is 1. The molecule has 2 rings (SSSR count). The van der Waals surface area contributed by atoms with Crippen molar-refractivity contribution in [2.45, 2.75) is 10.8 Å². The number of nitrogens with zero attached hydrogens (tertiary/aromatic N) is 3. The van der Waals surface area contributed by atoms with Gasteiger partial charge >= 0.3 is 0 Å². The minimum Gasteiger partial charge on any atom is -0.381 e. The van der Waals surface area contributed by atoms with E-state index in [1.165, 1.54) is 30.2 Å². The van der Waals surface area contributed by atoms with Gasteiger partial charge in [-0.1, -0.05) is 33.8 Å². The van der Waals surface area contributed by atoms with Gasteiger partial charge in [0, 0.05) is 34.2 Å². The highest BCUT2D eigenvalue weighted by Crippen LogP contribution is 2.30. The molecule has 0 unspecified atom stereocenters. The van der Waals surface area contributed by atoms with Crippen molar-refractivity contribution in [3.63, 3.8) is 0 Å². The van der Waals surface area contributed by atoms with E-state index in [9.17, 15) is 10.1 Å². The lowest BCUT2D eigenvalue weighted by Crippen LogP contribution is -1.97. The summed E-state index contributed by atoms with van der Waals surface area (Å²) in [5.74, 6) is 0.735. The Kier molecular flexibility index (Phi) is 4.33. The van der Waals surface area contributed by atoms with Crippen molar-refractivity contribution in [3.8, 4) is 0 Å². The molecule has 0 aliphatic heterocycles. The van der Waals surface area contributed by atoms with Crippen molar-refractivity contribution < 1.29 is 4.92 Å². The predicted molar refractivity (Wildman–Crippen MR) is 76.8 cm³/mol. The molecule has 2 N–H and O–H groups in total. The van der Waals surface area contributed by atoms with Crippen molar-refractivity contribution in [1.82, 2.24) is 9.97 Å². The monoisotopic (exact) mass is 340 g/mol. The van der Waals surface area contributed by atoms with E-state index < -0.39 is 4.92 Å². The minimum atomic E-state index is -0.402. The molecule has 0 amide bonds. The van der Waals surface area contributed by atoms with Gasteiger partial charge in [0.15, 0.2) is 5.82 Å². The number of rotatable bonds is 4. The van der Waals surface area contributed by atoms with Gasteiger partial charge in [-0.05, 0) is 6.07 Å². The Morgan fingerprint density at radius 1 is 1.37 bits per heavy atom. The number of anilines is 1. The van der Waals surface area contributed by atoms with Crippen LogP contribution in [-0.4, -0.2) is 14.9 Å². The number of nitro groups is 1. The van der Waals surface area contributed by atoms with Crippen LogP contribution in [0.5, 0.6) is 0 Å². The van der Waals surface area contributed by atoms with Crippen molar-refractivity contribution in [2.24, 2.45) is 0 Å². The zero-order valence-electron chi connectivity index (χ0n) is 9.62. The third kappa shape index (κ3) is 3.42. The van der Waals surface area contributed by atoms with E-state index in [0.29, 0.717) is 26.6 Å². The van der Waals surface area contributed by atoms with E-state index in [1.807, 2.05) is 0 Å². The fraction of sp³-hybridized carbons (Fsp3) is 0.0909. The molecule has 0 bridgehead atoms. The maximum absolute atomic E-state index is 11.0. The van der Waals surface area contributed by atoms with Crippen LogP contribution in [-0.2, 0) is 5.75 Å². The Hall–Kier alpha value is -1.67. The minimum absolute atomic E-state index is 0.0735. The number of halogens is 1. The number of nitrogens with two attached hydrogens (primary N) is 1. The van der Waals surface area contributed by atoms with Crippen LogP contribution in [0.2, 0.25) is 0 Å². The molecular weight excluding hydrogens is 332 g/mol. The van der Waals surface area contributed by atoms with E-state index in [4.69, 9.17) is 5.73 Å². The van der Waals surface area contributed by atoms with Crippen molar-refractivity contribution in [2.75, 3.05) is 5.73 Å². The highest BCUT2D eigenvalue weighted by Gasteiger charge is 2.15. The fourth-order valence-electron chi connectivity index (χ4n) is 1.42. The summed E-state index contributed by atoms with van der Waals surface area (Å²) in [5, 5.41) is 11.5. The summed E-state index contributed by atoms with van der Waals surface area (Å²) in [7, 11) is 0. The largest absolute Gasteiger partial charge is 0.381 e. The summed E-state index contributed by atoms with van der Waals surface area (Å²) in [6.45, 7) is 0. The molecule has 8 heteroatoms. The standard InChI is InChI=1S/C11H9BrN4O2S/c12-8-2-1-7(9(5-8)16(17)18)6-19-11-10(13)14-3-4-15-11/h1-5H,6H2,(H2,13,14). The van der Waals surface area contributed by atoms with E-state index in [2.05, 4.69) is 25.9 Å². The zero-order valence-corrected chi connectivity index (χ0v) is 12.0. The molecule has 1 heterocycles. The molecule has 0 atom stereocenters. The highest BCUT2D eigenvalue weighted by atomic mass is 79.9. The van der Waals surface area contributed by atoms with Crippen molar-refractivity contribution in [1.29, 1.82) is 0 Å². The Labute approximate surface area is 121 Å². The molecular formula is C11H9BrN4O2S. The number of thioether (sulfide) groups is 1. The molecule has 0 fully saturated rings. The van der Waals surface area contributed by atoms with Crippen LogP contribution >= 0.6 is 27.7 Å². The van der Waals surface area contributed by atoms with Crippen LogP contribution in [0.1, 0.15) is 5.56 Å². The second-order valence-electron chi connectivity index (χ2n) is 3.57. The molecule has 0 aliphatic rings. The van der Waals surface area contributed by atoms with Gasteiger partial charge in [0.05, 0.1) is 4.92 Å². The topological polar surface area (TPSA) is 94.9 Å². The number of nitrogen functional groups attached to an aromatic ring is 1. The highest BCUT2D eigenvalue weighted by molar-refractivity contribution is 9.10. The first kappa shape index (κ1) is 13.8. The second kappa shape index (κ2) is 5.98. The average molecular weight is 341 g/mol. The normalized spacial score (nSPS) is 10.4. The maximum atomic E-state index is 11.0. The van der Waals surface area contributed by atoms with E-state index in [1.54, 1.807) is 12.1 Å². The molecule has 6 nitrogen and oxygen atoms in total. The Morgan fingerprint density at radius 2 is 2.11 bits per heavy atom. The van der Waals surface area contributed by atoms with Gasteiger partial charge in [-0.25, -0.2) is 9.97 Å². The first-order valence-corrected chi connectivity index (χ1v) is 6.98. The van der Waals surface area contributed by atoms with Gasteiger partial charge in [0.2, 0.25) is 0 Å². The van der Waals surface area contributed by atoms with Crippen molar-refractivity contribution >= 4 is 39.2 Å². The number of benzene rings is 1. The van der Waals surface area contributed by atoms with Gasteiger partial charge in [-0.3, -0.25) is 10.1 Å². The van der Waals surface area contributed by atoms with Gasteiger partial charge < -0.3 is 5.73 Å². The van der Waals surface area contributed by atoms with Crippen LogP contribution in [0.4, 0.5) is 11.5 Å². The smallest absolute Gasteiger partial charge is 0.274 e. The molecule has 0 saturated heterocycles. The fourth-order valence-corrected chi connectivity index (χ4v) is 2.64. The van der Waals surface area contributed by atoms with Crippen LogP contribution in [0.25, 0.3) is 0 Å². The molecule has 1 aromatic heterocycles. The molecule has 1 aromatic carbocycles. The summed E-state index contributed by atoms with van der Waals surface area (Å²) in [4.78, 5) is 18.6. The lowest BCUT2D eigenvalue weighted by molar-refractivity contribution is -0.385. The number of hydrogen-bond acceptors (Lipinski definition) is 6. The Balaban J connectivity index is 2.20. The molecule has 0 spiro atoms. The first-order valence-electron chi connectivity index (χ1n) is 5.20. The SMILES string of the molecule is Nc1nccnc1SCc1ccc(Br)cc1[N+](=O)[O-]. The lowest BCUT2D eigenvalue weighted by Gasteiger charge is -2.04. The second-order valence-corrected chi connectivity index (χ2v) is 5.45. The molecule has 0 radical (unpaired) electrons. The number of aromatic nitrogens is 2. The summed E-state index contributed by atoms with van der Waals surface area (Å²) in [6, 6.07) is 4.96. The lowest BCUT2D eigenvalue weighted by atomic mass is 10.2. The summed E-state index contributed by atoms with van der Waals surface area (Å²) in [5.41, 5.74) is 6.36. The van der Waals surface area contributed by atoms with Crippen LogP contribution < -0.4 is 5.73 Å². The van der Waals surface area contributed by atoms with Crippen LogP contribution in [0.3, 0.4) is 0 Å². The third-order valence-corrected chi connectivity index (χ3v) is 3.84. The number of hydrogen-bond donors (Lipinski definition) is 1. The molecule has 0 aliphatic carbocycles. The zero-order chi connectivity index (χ0) is 13.8. The van der Waals surface area contributed by atoms with E-state index >= 15 is 0 Å². The molecule has 0 saturated carbocycles. The third-order valence-electron chi connectivity index (χ3n) is 2.30. The predicted octanol–water partition coefficient (Wildman–Crippen LogP) is 3.02. The maximum Gasteiger partial charge on any atom is 0.274 e. The Bertz CT molecular complexity index is 623. The van der Waals surface area contributed by atoms with Crippen LogP contribution in [0, 0.1) is 10.1 Å². The van der Waals surface area contributed by atoms with E-state index in [-0.39, 0.29) is 5.69 Å². The average Bonchev–Trinajstić information content (AvgIpc) is 2.38. The first-order chi connectivity index (χ1) is 9.08. The van der Waals surface area contributed by atoms with Gasteiger partial charge in [-0.2, -0.15) is 0 Å². The van der Waals surface area contributed by atoms with Gasteiger partial charge in [-0.15, -0.1) is 0 Å². The molecule has 19 heavy (non-hydrogen) atoms. The van der Waals surface area contributed by atoms with Crippen LogP contribution in [0.15, 0.2) is 40.1 Å². The van der Waals surface area contributed by atoms with Gasteiger partial charge in [0.25, 0.3) is 5.69 Å². The Morgan fingerprint density at radius 3 is 2.79 bits per heavy atom. The summed E-state index contributed by atoms with van der Waals surface area (Å²) in [6.07, 6.45) is 3.04. The quantitative estimate of drug-likeness (QED) is 0.522.